The highest BCUT2D eigenvalue weighted by atomic mass is 35.5. The van der Waals surface area contributed by atoms with Crippen LogP contribution in [0.5, 0.6) is 0 Å². The summed E-state index contributed by atoms with van der Waals surface area (Å²) in [5.41, 5.74) is 3.97. The van der Waals surface area contributed by atoms with Gasteiger partial charge in [-0.3, -0.25) is 14.8 Å². The lowest BCUT2D eigenvalue weighted by atomic mass is 10.1. The van der Waals surface area contributed by atoms with Crippen molar-refractivity contribution in [3.8, 4) is 0 Å². The number of aromatic nitrogens is 1. The number of para-hydroxylation sites is 1. The summed E-state index contributed by atoms with van der Waals surface area (Å²) in [7, 11) is 1.84. The van der Waals surface area contributed by atoms with Gasteiger partial charge in [0.1, 0.15) is 5.69 Å². The molecule has 0 bridgehead atoms. The molecule has 26 heavy (non-hydrogen) atoms. The van der Waals surface area contributed by atoms with Gasteiger partial charge in [-0.25, -0.2) is 5.48 Å². The van der Waals surface area contributed by atoms with Crippen LogP contribution in [0.4, 0.5) is 0 Å². The van der Waals surface area contributed by atoms with Gasteiger partial charge in [0.15, 0.2) is 0 Å². The number of thiophene rings is 1. The fourth-order valence-electron chi connectivity index (χ4n) is 3.41. The second kappa shape index (κ2) is 6.42. The highest BCUT2D eigenvalue weighted by molar-refractivity contribution is 7.14. The summed E-state index contributed by atoms with van der Waals surface area (Å²) in [4.78, 5) is 28.0. The van der Waals surface area contributed by atoms with Crippen LogP contribution in [0.2, 0.25) is 5.02 Å². The number of nitrogens with one attached hydrogen (secondary N) is 1. The van der Waals surface area contributed by atoms with E-state index >= 15 is 0 Å². The van der Waals surface area contributed by atoms with Crippen molar-refractivity contribution in [2.45, 2.75) is 13.0 Å². The maximum Gasteiger partial charge on any atom is 0.284 e. The smallest absolute Gasteiger partial charge is 0.284 e. The van der Waals surface area contributed by atoms with Crippen LogP contribution in [-0.4, -0.2) is 33.0 Å². The molecule has 3 aromatic rings. The van der Waals surface area contributed by atoms with Crippen LogP contribution in [0.15, 0.2) is 30.3 Å². The number of aryl methyl sites for hydroxylation is 1. The Morgan fingerprint density at radius 3 is 2.81 bits per heavy atom. The average molecular weight is 390 g/mol. The van der Waals surface area contributed by atoms with E-state index in [9.17, 15) is 9.59 Å². The van der Waals surface area contributed by atoms with E-state index in [0.717, 1.165) is 21.3 Å². The van der Waals surface area contributed by atoms with Gasteiger partial charge in [-0.1, -0.05) is 29.8 Å². The Bertz CT molecular complexity index is 1000. The van der Waals surface area contributed by atoms with Crippen molar-refractivity contribution in [2.24, 2.45) is 7.05 Å². The molecule has 2 aromatic heterocycles. The standard InChI is InChI=1S/C18H16ClN3O3S/c1-21-12-5-3-2-4-11(12)15(19)16(21)18(24)22-7-6-13-10(9-22)8-14(26-13)17(23)20-25/h2-5,8,25H,6-7,9H2,1H3,(H,20,23). The number of benzene rings is 1. The van der Waals surface area contributed by atoms with Crippen molar-refractivity contribution in [3.63, 3.8) is 0 Å². The Labute approximate surface area is 158 Å². The van der Waals surface area contributed by atoms with Crippen LogP contribution in [0.25, 0.3) is 10.9 Å². The first-order valence-corrected chi connectivity index (χ1v) is 9.29. The van der Waals surface area contributed by atoms with Crippen LogP contribution < -0.4 is 5.48 Å². The molecule has 0 saturated carbocycles. The van der Waals surface area contributed by atoms with Gasteiger partial charge in [0.05, 0.1) is 9.90 Å². The summed E-state index contributed by atoms with van der Waals surface area (Å²) in [5.74, 6) is -0.655. The Morgan fingerprint density at radius 1 is 1.31 bits per heavy atom. The van der Waals surface area contributed by atoms with Crippen molar-refractivity contribution in [1.82, 2.24) is 14.9 Å². The molecule has 8 heteroatoms. The predicted octanol–water partition coefficient (Wildman–Crippen LogP) is 3.21. The SMILES string of the molecule is Cn1c(C(=O)N2CCc3sc(C(=O)NO)cc3C2)c(Cl)c2ccccc21. The summed E-state index contributed by atoms with van der Waals surface area (Å²) in [5, 5.41) is 10.1. The molecule has 0 aliphatic carbocycles. The van der Waals surface area contributed by atoms with E-state index in [4.69, 9.17) is 16.8 Å². The summed E-state index contributed by atoms with van der Waals surface area (Å²) in [6, 6.07) is 9.38. The van der Waals surface area contributed by atoms with Crippen LogP contribution in [0.1, 0.15) is 30.6 Å². The van der Waals surface area contributed by atoms with E-state index in [1.807, 2.05) is 35.9 Å². The monoisotopic (exact) mass is 389 g/mol. The molecule has 2 amide bonds. The average Bonchev–Trinajstić information content (AvgIpc) is 3.20. The van der Waals surface area contributed by atoms with E-state index < -0.39 is 5.91 Å². The van der Waals surface area contributed by atoms with Gasteiger partial charge >= 0.3 is 0 Å². The molecule has 1 aliphatic rings. The van der Waals surface area contributed by atoms with Crippen molar-refractivity contribution in [1.29, 1.82) is 0 Å². The molecule has 2 N–H and O–H groups in total. The number of rotatable bonds is 2. The van der Waals surface area contributed by atoms with Crippen molar-refractivity contribution in [2.75, 3.05) is 6.54 Å². The third-order valence-corrected chi connectivity index (χ3v) is 6.35. The molecule has 6 nitrogen and oxygen atoms in total. The molecule has 0 fully saturated rings. The van der Waals surface area contributed by atoms with Gasteiger partial charge in [-0.05, 0) is 24.1 Å². The minimum Gasteiger partial charge on any atom is -0.338 e. The Morgan fingerprint density at radius 2 is 2.08 bits per heavy atom. The van der Waals surface area contributed by atoms with Crippen LogP contribution in [-0.2, 0) is 20.0 Å². The summed E-state index contributed by atoms with van der Waals surface area (Å²) in [6.45, 7) is 0.978. The lowest BCUT2D eigenvalue weighted by Gasteiger charge is -2.27. The lowest BCUT2D eigenvalue weighted by molar-refractivity contribution is 0.0710. The summed E-state index contributed by atoms with van der Waals surface area (Å²) in [6.07, 6.45) is 0.673. The zero-order valence-electron chi connectivity index (χ0n) is 14.0. The largest absolute Gasteiger partial charge is 0.338 e. The maximum absolute atomic E-state index is 13.1. The summed E-state index contributed by atoms with van der Waals surface area (Å²) >= 11 is 7.84. The van der Waals surface area contributed by atoms with Gasteiger partial charge in [0, 0.05) is 35.9 Å². The number of carbonyl (C=O) groups is 2. The predicted molar refractivity (Wildman–Crippen MR) is 99.9 cm³/mol. The number of amides is 2. The number of carbonyl (C=O) groups excluding carboxylic acids is 2. The van der Waals surface area contributed by atoms with E-state index in [0.29, 0.717) is 35.1 Å². The minimum absolute atomic E-state index is 0.126. The molecule has 0 unspecified atom stereocenters. The van der Waals surface area contributed by atoms with E-state index in [1.54, 1.807) is 16.4 Å². The second-order valence-electron chi connectivity index (χ2n) is 6.22. The molecule has 0 radical (unpaired) electrons. The molecule has 0 atom stereocenters. The minimum atomic E-state index is -0.529. The Kier molecular flexibility index (Phi) is 4.22. The Balaban J connectivity index is 1.66. The van der Waals surface area contributed by atoms with Crippen LogP contribution >= 0.6 is 22.9 Å². The number of fused-ring (bicyclic) bond motifs is 2. The fraction of sp³-hybridized carbons (Fsp3) is 0.222. The fourth-order valence-corrected chi connectivity index (χ4v) is 4.83. The third kappa shape index (κ3) is 2.59. The van der Waals surface area contributed by atoms with Crippen molar-refractivity contribution in [3.05, 3.63) is 56.4 Å². The Hall–Kier alpha value is -2.35. The topological polar surface area (TPSA) is 74.6 Å². The van der Waals surface area contributed by atoms with Crippen LogP contribution in [0.3, 0.4) is 0 Å². The molecule has 0 saturated heterocycles. The van der Waals surface area contributed by atoms with Gasteiger partial charge < -0.3 is 9.47 Å². The normalized spacial score (nSPS) is 13.7. The van der Waals surface area contributed by atoms with Gasteiger partial charge in [0.2, 0.25) is 0 Å². The first-order chi connectivity index (χ1) is 12.5. The molecule has 134 valence electrons. The zero-order chi connectivity index (χ0) is 18.4. The number of hydrogen-bond acceptors (Lipinski definition) is 4. The number of hydrogen-bond donors (Lipinski definition) is 2. The van der Waals surface area contributed by atoms with Gasteiger partial charge in [-0.2, -0.15) is 0 Å². The van der Waals surface area contributed by atoms with Crippen molar-refractivity contribution < 1.29 is 14.8 Å². The first-order valence-electron chi connectivity index (χ1n) is 8.09. The number of hydroxylamine groups is 1. The quantitative estimate of drug-likeness (QED) is 0.522. The van der Waals surface area contributed by atoms with Crippen LogP contribution in [0, 0.1) is 0 Å². The summed E-state index contributed by atoms with van der Waals surface area (Å²) < 4.78 is 1.83. The third-order valence-electron chi connectivity index (χ3n) is 4.73. The molecule has 3 heterocycles. The highest BCUT2D eigenvalue weighted by Gasteiger charge is 2.29. The molecule has 1 aromatic carbocycles. The van der Waals surface area contributed by atoms with Gasteiger partial charge in [0.25, 0.3) is 11.8 Å². The molecular formula is C18H16ClN3O3S. The number of halogens is 1. The molecule has 4 rings (SSSR count). The second-order valence-corrected chi connectivity index (χ2v) is 7.73. The molecular weight excluding hydrogens is 374 g/mol. The van der Waals surface area contributed by atoms with Gasteiger partial charge in [-0.15, -0.1) is 11.3 Å². The molecule has 0 spiro atoms. The first kappa shape index (κ1) is 17.1. The zero-order valence-corrected chi connectivity index (χ0v) is 15.5. The lowest BCUT2D eigenvalue weighted by Crippen LogP contribution is -2.36. The van der Waals surface area contributed by atoms with Crippen molar-refractivity contribution >= 4 is 45.7 Å². The van der Waals surface area contributed by atoms with E-state index in [-0.39, 0.29) is 5.91 Å². The highest BCUT2D eigenvalue weighted by Crippen LogP contribution is 2.33. The number of nitrogens with zero attached hydrogens (tertiary/aromatic N) is 2. The molecule has 1 aliphatic heterocycles. The maximum atomic E-state index is 13.1. The van der Waals surface area contributed by atoms with E-state index in [2.05, 4.69) is 0 Å². The van der Waals surface area contributed by atoms with E-state index in [1.165, 1.54) is 11.3 Å².